The van der Waals surface area contributed by atoms with Crippen LogP contribution in [0, 0.1) is 12.7 Å². The van der Waals surface area contributed by atoms with Crippen LogP contribution in [0.5, 0.6) is 0 Å². The van der Waals surface area contributed by atoms with Crippen LogP contribution in [-0.2, 0) is 6.54 Å². The Labute approximate surface area is 131 Å². The van der Waals surface area contributed by atoms with E-state index in [0.717, 1.165) is 10.7 Å². The van der Waals surface area contributed by atoms with Crippen molar-refractivity contribution in [2.45, 2.75) is 13.5 Å². The molecule has 0 N–H and O–H groups in total. The van der Waals surface area contributed by atoms with Crippen LogP contribution in [0.15, 0.2) is 29.8 Å². The number of benzene rings is 1. The standard InChI is InChI=1S/C15H13ClFN3S/c1-9-8-21-13(19-9)7-20(2)12-4-3-10-11(16)5-6-18-15(10)14(12)17/h3-6,8H,7H2,1-2H3. The van der Waals surface area contributed by atoms with Crippen LogP contribution in [0.3, 0.4) is 0 Å². The second-order valence-electron chi connectivity index (χ2n) is 4.83. The van der Waals surface area contributed by atoms with Crippen molar-refractivity contribution >= 4 is 39.5 Å². The van der Waals surface area contributed by atoms with Gasteiger partial charge in [0.25, 0.3) is 0 Å². The predicted octanol–water partition coefficient (Wildman–Crippen LogP) is 4.43. The number of pyridine rings is 1. The third-order valence-electron chi connectivity index (χ3n) is 3.23. The summed E-state index contributed by atoms with van der Waals surface area (Å²) in [6.07, 6.45) is 1.52. The summed E-state index contributed by atoms with van der Waals surface area (Å²) in [6.45, 7) is 2.50. The van der Waals surface area contributed by atoms with Crippen molar-refractivity contribution < 1.29 is 4.39 Å². The summed E-state index contributed by atoms with van der Waals surface area (Å²) in [5.41, 5.74) is 1.77. The normalized spacial score (nSPS) is 11.0. The number of fused-ring (bicyclic) bond motifs is 1. The molecule has 0 unspecified atom stereocenters. The second-order valence-corrected chi connectivity index (χ2v) is 6.18. The number of anilines is 1. The van der Waals surface area contributed by atoms with Crippen molar-refractivity contribution in [3.05, 3.63) is 51.3 Å². The lowest BCUT2D eigenvalue weighted by Gasteiger charge is -2.19. The SMILES string of the molecule is Cc1csc(CN(C)c2ccc3c(Cl)ccnc3c2F)n1. The molecule has 3 nitrogen and oxygen atoms in total. The number of halogens is 2. The van der Waals surface area contributed by atoms with Gasteiger partial charge in [0, 0.05) is 29.7 Å². The maximum atomic E-state index is 14.6. The fourth-order valence-corrected chi connectivity index (χ4v) is 3.23. The van der Waals surface area contributed by atoms with Crippen LogP contribution in [0.25, 0.3) is 10.9 Å². The first kappa shape index (κ1) is 14.2. The minimum absolute atomic E-state index is 0.294. The molecule has 0 radical (unpaired) electrons. The smallest absolute Gasteiger partial charge is 0.172 e. The molecule has 0 bridgehead atoms. The summed E-state index contributed by atoms with van der Waals surface area (Å²) in [4.78, 5) is 10.3. The van der Waals surface area contributed by atoms with Gasteiger partial charge in [-0.05, 0) is 25.1 Å². The summed E-state index contributed by atoms with van der Waals surface area (Å²) >= 11 is 7.64. The molecule has 0 aliphatic carbocycles. The Morgan fingerprint density at radius 1 is 1.33 bits per heavy atom. The Hall–Kier alpha value is -1.72. The zero-order valence-corrected chi connectivity index (χ0v) is 13.2. The minimum atomic E-state index is -0.356. The molecule has 0 amide bonds. The molecule has 0 fully saturated rings. The van der Waals surface area contributed by atoms with Crippen molar-refractivity contribution in [2.24, 2.45) is 0 Å². The minimum Gasteiger partial charge on any atom is -0.365 e. The Bertz CT molecular complexity index is 803. The summed E-state index contributed by atoms with van der Waals surface area (Å²) in [7, 11) is 1.84. The molecule has 3 rings (SSSR count). The summed E-state index contributed by atoms with van der Waals surface area (Å²) < 4.78 is 14.6. The Kier molecular flexibility index (Phi) is 3.78. The van der Waals surface area contributed by atoms with Crippen LogP contribution in [0.1, 0.15) is 10.7 Å². The Balaban J connectivity index is 1.98. The van der Waals surface area contributed by atoms with Crippen molar-refractivity contribution in [3.8, 4) is 0 Å². The van der Waals surface area contributed by atoms with E-state index in [-0.39, 0.29) is 5.82 Å². The van der Waals surface area contributed by atoms with Gasteiger partial charge < -0.3 is 4.90 Å². The lowest BCUT2D eigenvalue weighted by atomic mass is 10.2. The van der Waals surface area contributed by atoms with Gasteiger partial charge in [-0.3, -0.25) is 4.98 Å². The van der Waals surface area contributed by atoms with E-state index in [2.05, 4.69) is 9.97 Å². The maximum Gasteiger partial charge on any atom is 0.172 e. The molecule has 21 heavy (non-hydrogen) atoms. The van der Waals surface area contributed by atoms with E-state index >= 15 is 0 Å². The third kappa shape index (κ3) is 2.71. The van der Waals surface area contributed by atoms with E-state index in [1.165, 1.54) is 6.20 Å². The summed E-state index contributed by atoms with van der Waals surface area (Å²) in [5, 5.41) is 4.07. The topological polar surface area (TPSA) is 29.0 Å². The van der Waals surface area contributed by atoms with Crippen LogP contribution in [0.4, 0.5) is 10.1 Å². The monoisotopic (exact) mass is 321 g/mol. The molecule has 2 aromatic heterocycles. The second kappa shape index (κ2) is 5.58. The molecule has 6 heteroatoms. The van der Waals surface area contributed by atoms with E-state index < -0.39 is 0 Å². The molecule has 0 aliphatic heterocycles. The average molecular weight is 322 g/mol. The van der Waals surface area contributed by atoms with Gasteiger partial charge in [0.15, 0.2) is 5.82 Å². The van der Waals surface area contributed by atoms with Crippen molar-refractivity contribution in [1.82, 2.24) is 9.97 Å². The van der Waals surface area contributed by atoms with Gasteiger partial charge in [0.2, 0.25) is 0 Å². The lowest BCUT2D eigenvalue weighted by molar-refractivity contribution is 0.631. The highest BCUT2D eigenvalue weighted by Crippen LogP contribution is 2.30. The molecule has 1 aromatic carbocycles. The van der Waals surface area contributed by atoms with Crippen molar-refractivity contribution in [3.63, 3.8) is 0 Å². The molecular formula is C15H13ClFN3S. The van der Waals surface area contributed by atoms with E-state index in [4.69, 9.17) is 11.6 Å². The van der Waals surface area contributed by atoms with E-state index in [1.807, 2.05) is 24.3 Å². The Morgan fingerprint density at radius 3 is 2.86 bits per heavy atom. The summed E-state index contributed by atoms with van der Waals surface area (Å²) in [6, 6.07) is 5.18. The maximum absolute atomic E-state index is 14.6. The number of aryl methyl sites for hydroxylation is 1. The van der Waals surface area contributed by atoms with Gasteiger partial charge in [-0.1, -0.05) is 11.6 Å². The van der Waals surface area contributed by atoms with Gasteiger partial charge in [-0.2, -0.15) is 0 Å². The third-order valence-corrected chi connectivity index (χ3v) is 4.51. The lowest BCUT2D eigenvalue weighted by Crippen LogP contribution is -2.17. The van der Waals surface area contributed by atoms with Gasteiger partial charge in [-0.25, -0.2) is 9.37 Å². The molecule has 0 saturated carbocycles. The molecule has 0 spiro atoms. The number of rotatable bonds is 3. The molecule has 108 valence electrons. The zero-order valence-electron chi connectivity index (χ0n) is 11.6. The van der Waals surface area contributed by atoms with Gasteiger partial charge in [0.05, 0.1) is 17.3 Å². The van der Waals surface area contributed by atoms with Gasteiger partial charge in [-0.15, -0.1) is 11.3 Å². The zero-order chi connectivity index (χ0) is 15.0. The highest BCUT2D eigenvalue weighted by molar-refractivity contribution is 7.09. The first-order valence-corrected chi connectivity index (χ1v) is 7.67. The molecule has 3 aromatic rings. The number of thiazole rings is 1. The highest BCUT2D eigenvalue weighted by Gasteiger charge is 2.14. The first-order valence-electron chi connectivity index (χ1n) is 6.41. The van der Waals surface area contributed by atoms with Gasteiger partial charge in [0.1, 0.15) is 10.5 Å². The number of aromatic nitrogens is 2. The predicted molar refractivity (Wildman–Crippen MR) is 85.7 cm³/mol. The number of nitrogens with zero attached hydrogens (tertiary/aromatic N) is 3. The largest absolute Gasteiger partial charge is 0.365 e. The van der Waals surface area contributed by atoms with Crippen molar-refractivity contribution in [2.75, 3.05) is 11.9 Å². The van der Waals surface area contributed by atoms with Crippen LogP contribution in [0.2, 0.25) is 5.02 Å². The highest BCUT2D eigenvalue weighted by atomic mass is 35.5. The van der Waals surface area contributed by atoms with Gasteiger partial charge >= 0.3 is 0 Å². The molecular weight excluding hydrogens is 309 g/mol. The summed E-state index contributed by atoms with van der Waals surface area (Å²) in [5.74, 6) is -0.356. The molecule has 0 saturated heterocycles. The van der Waals surface area contributed by atoms with E-state index in [9.17, 15) is 4.39 Å². The molecule has 0 atom stereocenters. The first-order chi connectivity index (χ1) is 10.1. The van der Waals surface area contributed by atoms with Crippen LogP contribution >= 0.6 is 22.9 Å². The fraction of sp³-hybridized carbons (Fsp3) is 0.200. The van der Waals surface area contributed by atoms with Crippen LogP contribution < -0.4 is 4.90 Å². The average Bonchev–Trinajstić information content (AvgIpc) is 2.85. The van der Waals surface area contributed by atoms with E-state index in [0.29, 0.717) is 28.2 Å². The quantitative estimate of drug-likeness (QED) is 0.714. The number of hydrogen-bond acceptors (Lipinski definition) is 4. The number of hydrogen-bond donors (Lipinski definition) is 0. The van der Waals surface area contributed by atoms with Crippen LogP contribution in [-0.4, -0.2) is 17.0 Å². The molecule has 0 aliphatic rings. The Morgan fingerprint density at radius 2 is 2.14 bits per heavy atom. The van der Waals surface area contributed by atoms with E-state index in [1.54, 1.807) is 29.5 Å². The molecule has 2 heterocycles. The van der Waals surface area contributed by atoms with Crippen molar-refractivity contribution in [1.29, 1.82) is 0 Å². The fourth-order valence-electron chi connectivity index (χ4n) is 2.20.